The number of carbonyl (C=O) groups is 1. The monoisotopic (exact) mass is 327 g/mol. The number of benzene rings is 1. The van der Waals surface area contributed by atoms with Crippen molar-refractivity contribution in [1.82, 2.24) is 9.97 Å². The second kappa shape index (κ2) is 5.96. The quantitative estimate of drug-likeness (QED) is 0.742. The van der Waals surface area contributed by atoms with Gasteiger partial charge in [0.15, 0.2) is 0 Å². The molecule has 3 aromatic rings. The Hall–Kier alpha value is -2.47. The standard InChI is InChI=1S/C17H17N3O2S/c1-4-22-16(21)12-8-11-14(19-17(18)20-15(11)23-12)13-9(2)6-5-7-10(13)3/h5-8H,4H2,1-3H3,(H2,18,19,20). The molecular formula is C17H17N3O2S. The smallest absolute Gasteiger partial charge is 0.348 e. The fraction of sp³-hybridized carbons (Fsp3) is 0.235. The van der Waals surface area contributed by atoms with Gasteiger partial charge in [0.05, 0.1) is 12.3 Å². The van der Waals surface area contributed by atoms with Gasteiger partial charge in [-0.15, -0.1) is 11.3 Å². The average Bonchev–Trinajstić information content (AvgIpc) is 2.91. The first-order valence-electron chi connectivity index (χ1n) is 7.32. The Morgan fingerprint density at radius 2 is 1.96 bits per heavy atom. The zero-order chi connectivity index (χ0) is 16.6. The second-order valence-electron chi connectivity index (χ2n) is 5.25. The fourth-order valence-corrected chi connectivity index (χ4v) is 3.55. The molecule has 2 N–H and O–H groups in total. The van der Waals surface area contributed by atoms with E-state index in [9.17, 15) is 4.79 Å². The van der Waals surface area contributed by atoms with Gasteiger partial charge in [-0.2, -0.15) is 0 Å². The lowest BCUT2D eigenvalue weighted by molar-refractivity contribution is 0.0532. The number of aryl methyl sites for hydroxylation is 2. The van der Waals surface area contributed by atoms with E-state index in [-0.39, 0.29) is 11.9 Å². The van der Waals surface area contributed by atoms with Crippen molar-refractivity contribution in [3.63, 3.8) is 0 Å². The van der Waals surface area contributed by atoms with E-state index < -0.39 is 0 Å². The highest BCUT2D eigenvalue weighted by Gasteiger charge is 2.18. The summed E-state index contributed by atoms with van der Waals surface area (Å²) in [4.78, 5) is 21.9. The van der Waals surface area contributed by atoms with Crippen LogP contribution in [0.4, 0.5) is 5.95 Å². The molecule has 0 atom stereocenters. The molecule has 0 fully saturated rings. The molecule has 3 rings (SSSR count). The molecule has 0 saturated carbocycles. The normalized spacial score (nSPS) is 10.9. The number of nitrogens with zero attached hydrogens (tertiary/aromatic N) is 2. The van der Waals surface area contributed by atoms with E-state index in [2.05, 4.69) is 9.97 Å². The number of ether oxygens (including phenoxy) is 1. The Bertz CT molecular complexity index is 882. The lowest BCUT2D eigenvalue weighted by atomic mass is 9.98. The van der Waals surface area contributed by atoms with Crippen LogP contribution in [0.1, 0.15) is 27.7 Å². The predicted octanol–water partition coefficient (Wildman–Crippen LogP) is 3.73. The van der Waals surface area contributed by atoms with Crippen LogP contribution in [-0.2, 0) is 4.74 Å². The van der Waals surface area contributed by atoms with E-state index in [0.717, 1.165) is 27.8 Å². The van der Waals surface area contributed by atoms with Crippen molar-refractivity contribution in [2.45, 2.75) is 20.8 Å². The summed E-state index contributed by atoms with van der Waals surface area (Å²) in [5, 5.41) is 0.824. The van der Waals surface area contributed by atoms with Crippen molar-refractivity contribution in [1.29, 1.82) is 0 Å². The van der Waals surface area contributed by atoms with Gasteiger partial charge in [0.1, 0.15) is 9.71 Å². The van der Waals surface area contributed by atoms with Gasteiger partial charge in [0.25, 0.3) is 0 Å². The Labute approximate surface area is 138 Å². The van der Waals surface area contributed by atoms with Gasteiger partial charge < -0.3 is 10.5 Å². The van der Waals surface area contributed by atoms with Crippen LogP contribution in [0.3, 0.4) is 0 Å². The first kappa shape index (κ1) is 15.4. The summed E-state index contributed by atoms with van der Waals surface area (Å²) in [5.41, 5.74) is 9.87. The van der Waals surface area contributed by atoms with Crippen molar-refractivity contribution in [3.8, 4) is 11.3 Å². The van der Waals surface area contributed by atoms with Crippen LogP contribution in [0.5, 0.6) is 0 Å². The number of nitrogen functional groups attached to an aromatic ring is 1. The highest BCUT2D eigenvalue weighted by atomic mass is 32.1. The SMILES string of the molecule is CCOC(=O)c1cc2c(-c3c(C)cccc3C)nc(N)nc2s1. The highest BCUT2D eigenvalue weighted by Crippen LogP contribution is 2.35. The number of esters is 1. The van der Waals surface area contributed by atoms with Gasteiger partial charge in [0.2, 0.25) is 5.95 Å². The number of thiophene rings is 1. The van der Waals surface area contributed by atoms with E-state index in [1.807, 2.05) is 32.0 Å². The minimum atomic E-state index is -0.346. The van der Waals surface area contributed by atoms with Crippen molar-refractivity contribution >= 4 is 33.5 Å². The summed E-state index contributed by atoms with van der Waals surface area (Å²) in [6.07, 6.45) is 0. The molecule has 0 unspecified atom stereocenters. The zero-order valence-electron chi connectivity index (χ0n) is 13.2. The molecule has 0 saturated heterocycles. The first-order valence-corrected chi connectivity index (χ1v) is 8.13. The second-order valence-corrected chi connectivity index (χ2v) is 6.28. The van der Waals surface area contributed by atoms with Crippen molar-refractivity contribution in [2.75, 3.05) is 12.3 Å². The number of hydrogen-bond donors (Lipinski definition) is 1. The maximum atomic E-state index is 12.0. The fourth-order valence-electron chi connectivity index (χ4n) is 2.62. The first-order chi connectivity index (χ1) is 11.0. The number of anilines is 1. The van der Waals surface area contributed by atoms with Crippen molar-refractivity contribution in [2.24, 2.45) is 0 Å². The number of aromatic nitrogens is 2. The number of rotatable bonds is 3. The lowest BCUT2D eigenvalue weighted by Gasteiger charge is -2.10. The Balaban J connectivity index is 2.27. The van der Waals surface area contributed by atoms with Gasteiger partial charge in [-0.3, -0.25) is 0 Å². The summed E-state index contributed by atoms with van der Waals surface area (Å²) >= 11 is 1.27. The lowest BCUT2D eigenvalue weighted by Crippen LogP contribution is -2.01. The molecular weight excluding hydrogens is 310 g/mol. The summed E-state index contributed by atoms with van der Waals surface area (Å²) in [7, 11) is 0. The van der Waals surface area contributed by atoms with Gasteiger partial charge in [-0.1, -0.05) is 18.2 Å². The molecule has 6 heteroatoms. The van der Waals surface area contributed by atoms with E-state index in [1.165, 1.54) is 11.3 Å². The van der Waals surface area contributed by atoms with Gasteiger partial charge in [0, 0.05) is 10.9 Å². The van der Waals surface area contributed by atoms with Crippen molar-refractivity contribution in [3.05, 3.63) is 40.3 Å². The predicted molar refractivity (Wildman–Crippen MR) is 92.7 cm³/mol. The molecule has 0 aliphatic carbocycles. The van der Waals surface area contributed by atoms with E-state index in [1.54, 1.807) is 13.0 Å². The molecule has 23 heavy (non-hydrogen) atoms. The third-order valence-corrected chi connectivity index (χ3v) is 4.61. The van der Waals surface area contributed by atoms with Crippen LogP contribution in [0.2, 0.25) is 0 Å². The highest BCUT2D eigenvalue weighted by molar-refractivity contribution is 7.20. The molecule has 0 amide bonds. The zero-order valence-corrected chi connectivity index (χ0v) is 14.0. The molecule has 0 aliphatic rings. The van der Waals surface area contributed by atoms with Crippen LogP contribution in [0, 0.1) is 13.8 Å². The van der Waals surface area contributed by atoms with Gasteiger partial charge >= 0.3 is 5.97 Å². The van der Waals surface area contributed by atoms with Crippen molar-refractivity contribution < 1.29 is 9.53 Å². The molecule has 0 spiro atoms. The minimum Gasteiger partial charge on any atom is -0.462 e. The minimum absolute atomic E-state index is 0.201. The maximum absolute atomic E-state index is 12.0. The molecule has 5 nitrogen and oxygen atoms in total. The average molecular weight is 327 g/mol. The summed E-state index contributed by atoms with van der Waals surface area (Å²) < 4.78 is 5.07. The van der Waals surface area contributed by atoms with E-state index in [0.29, 0.717) is 16.3 Å². The van der Waals surface area contributed by atoms with E-state index in [4.69, 9.17) is 10.5 Å². The van der Waals surface area contributed by atoms with Gasteiger partial charge in [-0.05, 0) is 38.0 Å². The number of hydrogen-bond acceptors (Lipinski definition) is 6. The summed E-state index contributed by atoms with van der Waals surface area (Å²) in [5.74, 6) is -0.145. The molecule has 0 bridgehead atoms. The van der Waals surface area contributed by atoms with Crippen LogP contribution < -0.4 is 5.73 Å². The number of nitrogens with two attached hydrogens (primary N) is 1. The Morgan fingerprint density at radius 3 is 2.61 bits per heavy atom. The Kier molecular flexibility index (Phi) is 4.00. The molecule has 0 radical (unpaired) electrons. The van der Waals surface area contributed by atoms with Crippen LogP contribution >= 0.6 is 11.3 Å². The van der Waals surface area contributed by atoms with Crippen LogP contribution in [-0.4, -0.2) is 22.5 Å². The van der Waals surface area contributed by atoms with Crippen LogP contribution in [0.25, 0.3) is 21.5 Å². The molecule has 2 heterocycles. The molecule has 2 aromatic heterocycles. The summed E-state index contributed by atoms with van der Waals surface area (Å²) in [6.45, 7) is 6.19. The number of carbonyl (C=O) groups excluding carboxylic acids is 1. The largest absolute Gasteiger partial charge is 0.462 e. The van der Waals surface area contributed by atoms with E-state index >= 15 is 0 Å². The summed E-state index contributed by atoms with van der Waals surface area (Å²) in [6, 6.07) is 7.86. The number of fused-ring (bicyclic) bond motifs is 1. The molecule has 118 valence electrons. The van der Waals surface area contributed by atoms with Crippen LogP contribution in [0.15, 0.2) is 24.3 Å². The Morgan fingerprint density at radius 1 is 1.26 bits per heavy atom. The topological polar surface area (TPSA) is 78.1 Å². The third-order valence-electron chi connectivity index (χ3n) is 3.60. The molecule has 0 aliphatic heterocycles. The maximum Gasteiger partial charge on any atom is 0.348 e. The third kappa shape index (κ3) is 2.77. The van der Waals surface area contributed by atoms with Gasteiger partial charge in [-0.25, -0.2) is 14.8 Å². The molecule has 1 aromatic carbocycles.